The van der Waals surface area contributed by atoms with E-state index in [0.29, 0.717) is 0 Å². The second kappa shape index (κ2) is 8.66. The molecule has 1 heteroatoms. The molecule has 0 aliphatic rings. The van der Waals surface area contributed by atoms with E-state index in [1.165, 1.54) is 5.57 Å². The minimum atomic E-state index is 1.08. The van der Waals surface area contributed by atoms with Gasteiger partial charge in [0.2, 0.25) is 0 Å². The Labute approximate surface area is 80.4 Å². The summed E-state index contributed by atoms with van der Waals surface area (Å²) >= 11 is 1.85. The van der Waals surface area contributed by atoms with Gasteiger partial charge in [-0.05, 0) is 32.6 Å². The largest absolute Gasteiger partial charge is 0.130 e. The molecule has 0 atom stereocenters. The monoisotopic (exact) mass is 182 g/mol. The summed E-state index contributed by atoms with van der Waals surface area (Å²) < 4.78 is 0. The van der Waals surface area contributed by atoms with Crippen LogP contribution in [0.3, 0.4) is 0 Å². The molecule has 0 aromatic rings. The van der Waals surface area contributed by atoms with Crippen molar-refractivity contribution in [1.29, 1.82) is 0 Å². The molecule has 0 amide bonds. The minimum Gasteiger partial charge on any atom is -0.130 e. The third-order valence-electron chi connectivity index (χ3n) is 1.39. The van der Waals surface area contributed by atoms with Gasteiger partial charge in [-0.25, -0.2) is 0 Å². The predicted octanol–water partition coefficient (Wildman–Crippen LogP) is 4.17. The molecule has 0 N–H and O–H groups in total. The Morgan fingerprint density at radius 2 is 1.83 bits per heavy atom. The molecule has 0 fully saturated rings. The lowest BCUT2D eigenvalue weighted by Gasteiger charge is -1.93. The van der Waals surface area contributed by atoms with Gasteiger partial charge in [-0.1, -0.05) is 29.9 Å². The summed E-state index contributed by atoms with van der Waals surface area (Å²) in [6.07, 6.45) is 9.61. The van der Waals surface area contributed by atoms with Crippen LogP contribution in [0, 0.1) is 0 Å². The summed E-state index contributed by atoms with van der Waals surface area (Å²) in [5.41, 5.74) is 1.43. The van der Waals surface area contributed by atoms with E-state index in [9.17, 15) is 0 Å². The molecular formula is C11H18S. The summed E-state index contributed by atoms with van der Waals surface area (Å²) in [5.74, 6) is 1.09. The Kier molecular flexibility index (Phi) is 8.35. The molecule has 0 unspecified atom stereocenters. The minimum absolute atomic E-state index is 1.08. The number of rotatable bonds is 5. The normalized spacial score (nSPS) is 13.4. The van der Waals surface area contributed by atoms with Gasteiger partial charge in [-0.2, -0.15) is 0 Å². The zero-order chi connectivity index (χ0) is 9.23. The maximum Gasteiger partial charge on any atom is 0.0154 e. The van der Waals surface area contributed by atoms with E-state index < -0.39 is 0 Å². The molecule has 68 valence electrons. The molecule has 0 saturated heterocycles. The molecule has 0 aliphatic heterocycles. The summed E-state index contributed by atoms with van der Waals surface area (Å²) in [5, 5.41) is 2.24. The number of hydrogen-bond acceptors (Lipinski definition) is 1. The van der Waals surface area contributed by atoms with Crippen LogP contribution in [-0.4, -0.2) is 5.75 Å². The van der Waals surface area contributed by atoms with Crippen LogP contribution in [0.15, 0.2) is 35.3 Å². The van der Waals surface area contributed by atoms with Gasteiger partial charge in [0.15, 0.2) is 0 Å². The van der Waals surface area contributed by atoms with Gasteiger partial charge in [0.25, 0.3) is 0 Å². The summed E-state index contributed by atoms with van der Waals surface area (Å²) in [7, 11) is 0. The predicted molar refractivity (Wildman–Crippen MR) is 60.5 cm³/mol. The molecule has 0 aromatic heterocycles. The van der Waals surface area contributed by atoms with Crippen molar-refractivity contribution in [3.63, 3.8) is 0 Å². The molecule has 0 heterocycles. The Balaban J connectivity index is 3.54. The van der Waals surface area contributed by atoms with Crippen molar-refractivity contribution >= 4 is 11.8 Å². The second-order valence-corrected chi connectivity index (χ2v) is 3.54. The molecule has 0 spiro atoms. The lowest BCUT2D eigenvalue weighted by atomic mass is 10.2. The zero-order valence-corrected chi connectivity index (χ0v) is 9.03. The lowest BCUT2D eigenvalue weighted by Crippen LogP contribution is -1.71. The molecule has 0 nitrogen and oxygen atoms in total. The molecule has 0 radical (unpaired) electrons. The Morgan fingerprint density at radius 3 is 2.42 bits per heavy atom. The standard InChI is InChI=1S/C11H18S/c1-4-6-8-11(3)10-12-9-7-5-2/h4-7,10H,8-9H2,1-3H3/b6-4-,7-5-,11-10-. The van der Waals surface area contributed by atoms with Gasteiger partial charge in [-0.15, -0.1) is 11.8 Å². The fourth-order valence-corrected chi connectivity index (χ4v) is 1.47. The molecular weight excluding hydrogens is 164 g/mol. The molecule has 0 aliphatic carbocycles. The third kappa shape index (κ3) is 7.67. The Bertz CT molecular complexity index is 175. The highest BCUT2D eigenvalue weighted by molar-refractivity contribution is 8.02. The highest BCUT2D eigenvalue weighted by atomic mass is 32.2. The quantitative estimate of drug-likeness (QED) is 0.454. The van der Waals surface area contributed by atoms with Crippen molar-refractivity contribution in [2.75, 3.05) is 5.75 Å². The van der Waals surface area contributed by atoms with Gasteiger partial charge in [-0.3, -0.25) is 0 Å². The van der Waals surface area contributed by atoms with Crippen molar-refractivity contribution in [3.05, 3.63) is 35.3 Å². The maximum atomic E-state index is 2.24. The average molecular weight is 182 g/mol. The SMILES string of the molecule is C/C=C\CS/C=C(/C)C/C=C\C. The topological polar surface area (TPSA) is 0 Å². The van der Waals surface area contributed by atoms with Crippen LogP contribution in [0.2, 0.25) is 0 Å². The van der Waals surface area contributed by atoms with Crippen LogP contribution in [0.4, 0.5) is 0 Å². The van der Waals surface area contributed by atoms with E-state index in [0.717, 1.165) is 12.2 Å². The van der Waals surface area contributed by atoms with Crippen LogP contribution >= 0.6 is 11.8 Å². The van der Waals surface area contributed by atoms with Crippen molar-refractivity contribution in [1.82, 2.24) is 0 Å². The highest BCUT2D eigenvalue weighted by Gasteiger charge is 1.84. The van der Waals surface area contributed by atoms with E-state index in [-0.39, 0.29) is 0 Å². The molecule has 12 heavy (non-hydrogen) atoms. The number of hydrogen-bond donors (Lipinski definition) is 0. The molecule has 0 saturated carbocycles. The van der Waals surface area contributed by atoms with Crippen molar-refractivity contribution in [2.45, 2.75) is 27.2 Å². The first-order valence-electron chi connectivity index (χ1n) is 4.30. The van der Waals surface area contributed by atoms with Crippen LogP contribution in [0.1, 0.15) is 27.2 Å². The second-order valence-electron chi connectivity index (χ2n) is 2.64. The van der Waals surface area contributed by atoms with Gasteiger partial charge >= 0.3 is 0 Å². The van der Waals surface area contributed by atoms with Gasteiger partial charge in [0.1, 0.15) is 0 Å². The fraction of sp³-hybridized carbons (Fsp3) is 0.455. The zero-order valence-electron chi connectivity index (χ0n) is 8.21. The van der Waals surface area contributed by atoms with Crippen LogP contribution in [0.25, 0.3) is 0 Å². The molecule has 0 bridgehead atoms. The summed E-state index contributed by atoms with van der Waals surface area (Å²) in [6.45, 7) is 6.28. The first kappa shape index (κ1) is 11.6. The molecule has 0 aromatic carbocycles. The van der Waals surface area contributed by atoms with Gasteiger partial charge in [0.05, 0.1) is 0 Å². The van der Waals surface area contributed by atoms with Crippen LogP contribution < -0.4 is 0 Å². The van der Waals surface area contributed by atoms with E-state index >= 15 is 0 Å². The van der Waals surface area contributed by atoms with E-state index in [4.69, 9.17) is 0 Å². The van der Waals surface area contributed by atoms with Crippen LogP contribution in [0.5, 0.6) is 0 Å². The van der Waals surface area contributed by atoms with Crippen molar-refractivity contribution in [2.24, 2.45) is 0 Å². The molecule has 0 rings (SSSR count). The first-order chi connectivity index (χ1) is 5.81. The van der Waals surface area contributed by atoms with E-state index in [1.54, 1.807) is 0 Å². The highest BCUT2D eigenvalue weighted by Crippen LogP contribution is 2.10. The van der Waals surface area contributed by atoms with Crippen molar-refractivity contribution < 1.29 is 0 Å². The van der Waals surface area contributed by atoms with Gasteiger partial charge < -0.3 is 0 Å². The Morgan fingerprint density at radius 1 is 1.17 bits per heavy atom. The smallest absolute Gasteiger partial charge is 0.0154 e. The third-order valence-corrected chi connectivity index (χ3v) is 2.34. The van der Waals surface area contributed by atoms with Crippen molar-refractivity contribution in [3.8, 4) is 0 Å². The van der Waals surface area contributed by atoms with Gasteiger partial charge in [0, 0.05) is 5.75 Å². The summed E-state index contributed by atoms with van der Waals surface area (Å²) in [4.78, 5) is 0. The summed E-state index contributed by atoms with van der Waals surface area (Å²) in [6, 6.07) is 0. The first-order valence-corrected chi connectivity index (χ1v) is 5.35. The van der Waals surface area contributed by atoms with E-state index in [2.05, 4.69) is 50.5 Å². The maximum absolute atomic E-state index is 2.24. The van der Waals surface area contributed by atoms with E-state index in [1.807, 2.05) is 11.8 Å². The lowest BCUT2D eigenvalue weighted by molar-refractivity contribution is 1.22. The van der Waals surface area contributed by atoms with Crippen LogP contribution in [-0.2, 0) is 0 Å². The fourth-order valence-electron chi connectivity index (χ4n) is 0.694. The average Bonchev–Trinajstić information content (AvgIpc) is 2.09. The number of thioether (sulfide) groups is 1. The number of allylic oxidation sites excluding steroid dienone is 4. The Hall–Kier alpha value is -0.430.